The lowest BCUT2D eigenvalue weighted by Gasteiger charge is -2.22. The minimum atomic E-state index is 0.0787. The van der Waals surface area contributed by atoms with Gasteiger partial charge in [0.05, 0.1) is 25.6 Å². The molecule has 0 saturated heterocycles. The molecular weight excluding hydrogens is 266 g/mol. The highest BCUT2D eigenvalue weighted by Crippen LogP contribution is 2.14. The van der Waals surface area contributed by atoms with E-state index in [1.165, 1.54) is 5.56 Å². The molecule has 1 heterocycles. The Morgan fingerprint density at radius 3 is 2.67 bits per heavy atom. The van der Waals surface area contributed by atoms with Crippen molar-refractivity contribution in [1.82, 2.24) is 9.97 Å². The number of rotatable bonds is 8. The summed E-state index contributed by atoms with van der Waals surface area (Å²) in [6.45, 7) is 3.85. The largest absolute Gasteiger partial charge is 0.477 e. The van der Waals surface area contributed by atoms with Gasteiger partial charge in [-0.3, -0.25) is 4.98 Å². The van der Waals surface area contributed by atoms with E-state index in [-0.39, 0.29) is 6.61 Å². The number of hydrogen-bond acceptors (Lipinski definition) is 5. The normalized spacial score (nSPS) is 10.4. The molecule has 0 aliphatic heterocycles. The number of nitrogens with zero attached hydrogens (tertiary/aromatic N) is 3. The van der Waals surface area contributed by atoms with Gasteiger partial charge in [-0.15, -0.1) is 0 Å². The smallest absolute Gasteiger partial charge is 0.234 e. The quantitative estimate of drug-likeness (QED) is 0.804. The number of benzene rings is 1. The lowest BCUT2D eigenvalue weighted by Crippen LogP contribution is -2.30. The van der Waals surface area contributed by atoms with Gasteiger partial charge >= 0.3 is 0 Å². The van der Waals surface area contributed by atoms with Crippen molar-refractivity contribution >= 4 is 5.82 Å². The van der Waals surface area contributed by atoms with Crippen LogP contribution >= 0.6 is 0 Å². The molecule has 2 rings (SSSR count). The molecule has 0 fully saturated rings. The van der Waals surface area contributed by atoms with Gasteiger partial charge in [0.15, 0.2) is 5.82 Å². The average Bonchev–Trinajstić information content (AvgIpc) is 2.53. The van der Waals surface area contributed by atoms with E-state index in [2.05, 4.69) is 22.1 Å². The number of aromatic nitrogens is 2. The van der Waals surface area contributed by atoms with Gasteiger partial charge in [0.2, 0.25) is 5.88 Å². The standard InChI is InChI=1S/C16H21N3O2/c1-2-21-16-13-17-12-15(18-16)19(10-11-20)9-8-14-6-4-3-5-7-14/h3-7,12-13,20H,2,8-11H2,1H3. The van der Waals surface area contributed by atoms with Crippen molar-refractivity contribution in [1.29, 1.82) is 0 Å². The molecule has 1 N–H and O–H groups in total. The summed E-state index contributed by atoms with van der Waals surface area (Å²) < 4.78 is 5.37. The highest BCUT2D eigenvalue weighted by atomic mass is 16.5. The Balaban J connectivity index is 2.05. The van der Waals surface area contributed by atoms with Crippen LogP contribution in [0.25, 0.3) is 0 Å². The monoisotopic (exact) mass is 287 g/mol. The Morgan fingerprint density at radius 2 is 1.95 bits per heavy atom. The van der Waals surface area contributed by atoms with Gasteiger partial charge in [0.25, 0.3) is 0 Å². The van der Waals surface area contributed by atoms with Crippen molar-refractivity contribution in [2.45, 2.75) is 13.3 Å². The zero-order chi connectivity index (χ0) is 14.9. The van der Waals surface area contributed by atoms with Gasteiger partial charge in [-0.2, -0.15) is 4.98 Å². The number of hydrogen-bond donors (Lipinski definition) is 1. The fourth-order valence-electron chi connectivity index (χ4n) is 2.08. The molecule has 0 bridgehead atoms. The summed E-state index contributed by atoms with van der Waals surface area (Å²) in [6, 6.07) is 10.3. The Labute approximate surface area is 125 Å². The molecule has 1 aromatic heterocycles. The molecule has 21 heavy (non-hydrogen) atoms. The highest BCUT2D eigenvalue weighted by Gasteiger charge is 2.09. The molecule has 0 amide bonds. The predicted octanol–water partition coefficient (Wildman–Crippen LogP) is 1.92. The first-order chi connectivity index (χ1) is 10.3. The summed E-state index contributed by atoms with van der Waals surface area (Å²) >= 11 is 0. The van der Waals surface area contributed by atoms with Crippen LogP contribution < -0.4 is 9.64 Å². The van der Waals surface area contributed by atoms with Crippen molar-refractivity contribution in [2.24, 2.45) is 0 Å². The Morgan fingerprint density at radius 1 is 1.14 bits per heavy atom. The average molecular weight is 287 g/mol. The number of anilines is 1. The van der Waals surface area contributed by atoms with E-state index in [4.69, 9.17) is 4.74 Å². The van der Waals surface area contributed by atoms with Gasteiger partial charge in [-0.05, 0) is 18.9 Å². The molecule has 5 heteroatoms. The molecule has 5 nitrogen and oxygen atoms in total. The van der Waals surface area contributed by atoms with Gasteiger partial charge in [0.1, 0.15) is 0 Å². The van der Waals surface area contributed by atoms with Gasteiger partial charge in [-0.25, -0.2) is 0 Å². The van der Waals surface area contributed by atoms with Crippen molar-refractivity contribution in [2.75, 3.05) is 31.2 Å². The number of ether oxygens (including phenoxy) is 1. The van der Waals surface area contributed by atoms with Crippen LogP contribution in [0.2, 0.25) is 0 Å². The molecule has 0 spiro atoms. The summed E-state index contributed by atoms with van der Waals surface area (Å²) in [5.41, 5.74) is 1.26. The van der Waals surface area contributed by atoms with E-state index in [1.54, 1.807) is 12.4 Å². The molecule has 2 aromatic rings. The van der Waals surface area contributed by atoms with Crippen LogP contribution in [-0.2, 0) is 6.42 Å². The van der Waals surface area contributed by atoms with Gasteiger partial charge in [-0.1, -0.05) is 30.3 Å². The van der Waals surface area contributed by atoms with Crippen molar-refractivity contribution in [3.8, 4) is 5.88 Å². The fourth-order valence-corrected chi connectivity index (χ4v) is 2.08. The second-order valence-electron chi connectivity index (χ2n) is 4.59. The summed E-state index contributed by atoms with van der Waals surface area (Å²) in [7, 11) is 0. The van der Waals surface area contributed by atoms with Crippen molar-refractivity contribution in [3.05, 3.63) is 48.3 Å². The topological polar surface area (TPSA) is 58.5 Å². The highest BCUT2D eigenvalue weighted by molar-refractivity contribution is 5.38. The molecule has 1 aromatic carbocycles. The zero-order valence-corrected chi connectivity index (χ0v) is 12.3. The first-order valence-corrected chi connectivity index (χ1v) is 7.18. The van der Waals surface area contributed by atoms with Crippen LogP contribution in [0.15, 0.2) is 42.7 Å². The molecule has 0 atom stereocenters. The minimum absolute atomic E-state index is 0.0787. The van der Waals surface area contributed by atoms with E-state index >= 15 is 0 Å². The maximum absolute atomic E-state index is 9.25. The predicted molar refractivity (Wildman–Crippen MR) is 82.6 cm³/mol. The van der Waals surface area contributed by atoms with Crippen molar-refractivity contribution < 1.29 is 9.84 Å². The molecule has 112 valence electrons. The SMILES string of the molecule is CCOc1cncc(N(CCO)CCc2ccccc2)n1. The Kier molecular flexibility index (Phi) is 5.97. The summed E-state index contributed by atoms with van der Waals surface area (Å²) in [5.74, 6) is 1.24. The zero-order valence-electron chi connectivity index (χ0n) is 12.3. The maximum atomic E-state index is 9.25. The third kappa shape index (κ3) is 4.72. The second-order valence-corrected chi connectivity index (χ2v) is 4.59. The Hall–Kier alpha value is -2.14. The summed E-state index contributed by atoms with van der Waals surface area (Å²) in [5, 5.41) is 9.25. The molecule has 0 unspecified atom stereocenters. The third-order valence-electron chi connectivity index (χ3n) is 3.10. The van der Waals surface area contributed by atoms with Gasteiger partial charge in [0, 0.05) is 13.1 Å². The number of aliphatic hydroxyl groups is 1. The summed E-state index contributed by atoms with van der Waals surface area (Å²) in [6.07, 6.45) is 4.19. The van der Waals surface area contributed by atoms with Crippen LogP contribution in [-0.4, -0.2) is 41.4 Å². The van der Waals surface area contributed by atoms with Crippen LogP contribution in [0.4, 0.5) is 5.82 Å². The molecule has 0 radical (unpaired) electrons. The van der Waals surface area contributed by atoms with E-state index < -0.39 is 0 Å². The van der Waals surface area contributed by atoms with Crippen LogP contribution in [0.5, 0.6) is 5.88 Å². The molecular formula is C16H21N3O2. The van der Waals surface area contributed by atoms with Crippen LogP contribution in [0.3, 0.4) is 0 Å². The lowest BCUT2D eigenvalue weighted by molar-refractivity contribution is 0.300. The maximum Gasteiger partial charge on any atom is 0.234 e. The summed E-state index contributed by atoms with van der Waals surface area (Å²) in [4.78, 5) is 10.6. The Bertz CT molecular complexity index is 534. The van der Waals surface area contributed by atoms with E-state index in [0.29, 0.717) is 19.0 Å². The molecule has 0 aliphatic rings. The van der Waals surface area contributed by atoms with Crippen LogP contribution in [0.1, 0.15) is 12.5 Å². The van der Waals surface area contributed by atoms with Gasteiger partial charge < -0.3 is 14.7 Å². The lowest BCUT2D eigenvalue weighted by atomic mass is 10.1. The third-order valence-corrected chi connectivity index (χ3v) is 3.10. The fraction of sp³-hybridized carbons (Fsp3) is 0.375. The first kappa shape index (κ1) is 15.3. The first-order valence-electron chi connectivity index (χ1n) is 7.18. The van der Waals surface area contributed by atoms with E-state index in [0.717, 1.165) is 18.8 Å². The number of aliphatic hydroxyl groups excluding tert-OH is 1. The van der Waals surface area contributed by atoms with E-state index in [1.807, 2.05) is 30.0 Å². The van der Waals surface area contributed by atoms with Crippen LogP contribution in [0, 0.1) is 0 Å². The molecule has 0 aliphatic carbocycles. The molecule has 0 saturated carbocycles. The van der Waals surface area contributed by atoms with Crippen molar-refractivity contribution in [3.63, 3.8) is 0 Å². The van der Waals surface area contributed by atoms with E-state index in [9.17, 15) is 5.11 Å². The minimum Gasteiger partial charge on any atom is -0.477 e. The second kappa shape index (κ2) is 8.21.